The first-order valence-electron chi connectivity index (χ1n) is 11.2. The Balaban J connectivity index is 1.49. The third kappa shape index (κ3) is 4.63. The van der Waals surface area contributed by atoms with Crippen molar-refractivity contribution in [2.24, 2.45) is 0 Å². The van der Waals surface area contributed by atoms with E-state index in [0.29, 0.717) is 22.6 Å². The lowest BCUT2D eigenvalue weighted by Gasteiger charge is -2.11. The fourth-order valence-electron chi connectivity index (χ4n) is 4.00. The fourth-order valence-corrected chi connectivity index (χ4v) is 4.00. The summed E-state index contributed by atoms with van der Waals surface area (Å²) in [5.74, 6) is -0.328. The Kier molecular flexibility index (Phi) is 6.34. The molecule has 1 amide bonds. The molecule has 5 rings (SSSR count). The number of aryl methyl sites for hydroxylation is 1. The van der Waals surface area contributed by atoms with E-state index >= 15 is 0 Å². The van der Waals surface area contributed by atoms with Gasteiger partial charge in [0.2, 0.25) is 0 Å². The number of fused-ring (bicyclic) bond motifs is 1. The summed E-state index contributed by atoms with van der Waals surface area (Å²) in [6.07, 6.45) is -1.69. The molecule has 188 valence electrons. The maximum atomic E-state index is 14.1. The first-order chi connectivity index (χ1) is 17.9. The van der Waals surface area contributed by atoms with Crippen LogP contribution in [0.4, 0.5) is 19.0 Å². The fraction of sp³-hybridized carbons (Fsp3) is 0.154. The molecule has 11 heteroatoms. The molecule has 0 fully saturated rings. The number of halogens is 3. The van der Waals surface area contributed by atoms with E-state index < -0.39 is 18.0 Å². The summed E-state index contributed by atoms with van der Waals surface area (Å²) in [5, 5.41) is 11.0. The third-order valence-electron chi connectivity index (χ3n) is 5.85. The number of amides is 1. The quantitative estimate of drug-likeness (QED) is 0.324. The van der Waals surface area contributed by atoms with E-state index in [9.17, 15) is 18.0 Å². The number of aromatic nitrogens is 5. The van der Waals surface area contributed by atoms with Gasteiger partial charge in [-0.05, 0) is 31.2 Å². The molecule has 0 bridgehead atoms. The summed E-state index contributed by atoms with van der Waals surface area (Å²) in [7, 11) is 1.47. The summed E-state index contributed by atoms with van der Waals surface area (Å²) < 4.78 is 49.8. The van der Waals surface area contributed by atoms with Gasteiger partial charge >= 0.3 is 0 Å². The van der Waals surface area contributed by atoms with E-state index in [-0.39, 0.29) is 35.1 Å². The number of hydrogen-bond acceptors (Lipinski definition) is 5. The second-order valence-electron chi connectivity index (χ2n) is 8.24. The lowest BCUT2D eigenvalue weighted by Crippen LogP contribution is -2.14. The number of hydrogen-bond donors (Lipinski definition) is 1. The molecule has 0 radical (unpaired) electrons. The standard InChI is InChI=1S/C26H21F3N6O2/c1-15-11-23(33-34(15)14-16-7-3-5-9-19(16)27)32-26(36)18-13-30-35-21(24(28)29)12-20(31-25(18)35)17-8-4-6-10-22(17)37-2/h3-13,24H,14H2,1-2H3,(H,32,33,36). The second kappa shape index (κ2) is 9.76. The lowest BCUT2D eigenvalue weighted by atomic mass is 10.1. The van der Waals surface area contributed by atoms with Gasteiger partial charge in [-0.15, -0.1) is 0 Å². The van der Waals surface area contributed by atoms with Crippen molar-refractivity contribution in [1.82, 2.24) is 24.4 Å². The number of nitrogens with zero attached hydrogens (tertiary/aromatic N) is 5. The minimum absolute atomic E-state index is 0.0139. The van der Waals surface area contributed by atoms with Gasteiger partial charge < -0.3 is 10.1 Å². The molecule has 2 aromatic carbocycles. The van der Waals surface area contributed by atoms with Crippen molar-refractivity contribution in [2.75, 3.05) is 12.4 Å². The summed E-state index contributed by atoms with van der Waals surface area (Å²) in [4.78, 5) is 17.6. The number of para-hydroxylation sites is 1. The Labute approximate surface area is 209 Å². The zero-order valence-electron chi connectivity index (χ0n) is 19.8. The average Bonchev–Trinajstić information content (AvgIpc) is 3.47. The normalized spacial score (nSPS) is 11.3. The number of anilines is 1. The molecule has 0 saturated carbocycles. The second-order valence-corrected chi connectivity index (χ2v) is 8.24. The first-order valence-corrected chi connectivity index (χ1v) is 11.2. The molecule has 8 nitrogen and oxygen atoms in total. The van der Waals surface area contributed by atoms with E-state index in [1.165, 1.54) is 25.4 Å². The molecule has 3 aromatic heterocycles. The SMILES string of the molecule is COc1ccccc1-c1cc(C(F)F)n2ncc(C(=O)Nc3cc(C)n(Cc4ccccc4F)n3)c2n1. The zero-order chi connectivity index (χ0) is 26.1. The van der Waals surface area contributed by atoms with Gasteiger partial charge in [-0.25, -0.2) is 22.7 Å². The molecule has 0 saturated heterocycles. The molecule has 0 aliphatic rings. The van der Waals surface area contributed by atoms with Crippen molar-refractivity contribution in [3.05, 3.63) is 95.2 Å². The number of alkyl halides is 2. The van der Waals surface area contributed by atoms with E-state index in [1.807, 2.05) is 0 Å². The van der Waals surface area contributed by atoms with E-state index in [0.717, 1.165) is 4.52 Å². The van der Waals surface area contributed by atoms with Crippen molar-refractivity contribution in [1.29, 1.82) is 0 Å². The van der Waals surface area contributed by atoms with Crippen molar-refractivity contribution in [3.63, 3.8) is 0 Å². The summed E-state index contributed by atoms with van der Waals surface area (Å²) in [6.45, 7) is 1.95. The Morgan fingerprint density at radius 2 is 1.86 bits per heavy atom. The number of methoxy groups -OCH3 is 1. The molecule has 1 N–H and O–H groups in total. The Hall–Kier alpha value is -4.67. The maximum absolute atomic E-state index is 14.1. The minimum atomic E-state index is -2.87. The molecular formula is C26H21F3N6O2. The van der Waals surface area contributed by atoms with Gasteiger partial charge in [-0.1, -0.05) is 30.3 Å². The monoisotopic (exact) mass is 506 g/mol. The maximum Gasteiger partial charge on any atom is 0.280 e. The molecule has 0 unspecified atom stereocenters. The van der Waals surface area contributed by atoms with Crippen molar-refractivity contribution >= 4 is 17.4 Å². The smallest absolute Gasteiger partial charge is 0.280 e. The van der Waals surface area contributed by atoms with Crippen molar-refractivity contribution in [3.8, 4) is 17.0 Å². The van der Waals surface area contributed by atoms with E-state index in [1.54, 1.807) is 60.1 Å². The van der Waals surface area contributed by atoms with Crippen LogP contribution in [0.3, 0.4) is 0 Å². The zero-order valence-corrected chi connectivity index (χ0v) is 19.8. The van der Waals surface area contributed by atoms with Gasteiger partial charge in [0.15, 0.2) is 11.5 Å². The molecule has 0 spiro atoms. The number of carbonyl (C=O) groups is 1. The van der Waals surface area contributed by atoms with E-state index in [4.69, 9.17) is 4.74 Å². The Morgan fingerprint density at radius 1 is 1.11 bits per heavy atom. The highest BCUT2D eigenvalue weighted by Gasteiger charge is 2.23. The summed E-state index contributed by atoms with van der Waals surface area (Å²) in [6, 6.07) is 16.0. The van der Waals surface area contributed by atoms with Gasteiger partial charge in [0.25, 0.3) is 12.3 Å². The topological polar surface area (TPSA) is 86.3 Å². The minimum Gasteiger partial charge on any atom is -0.496 e. The van der Waals surface area contributed by atoms with Crippen LogP contribution in [-0.2, 0) is 6.54 Å². The van der Waals surface area contributed by atoms with Crippen LogP contribution in [0.15, 0.2) is 66.9 Å². The van der Waals surface area contributed by atoms with Crippen LogP contribution in [0, 0.1) is 12.7 Å². The first kappa shape index (κ1) is 24.0. The highest BCUT2D eigenvalue weighted by molar-refractivity contribution is 6.07. The van der Waals surface area contributed by atoms with Crippen LogP contribution in [0.2, 0.25) is 0 Å². The highest BCUT2D eigenvalue weighted by Crippen LogP contribution is 2.32. The number of nitrogens with one attached hydrogen (secondary N) is 1. The largest absolute Gasteiger partial charge is 0.496 e. The van der Waals surface area contributed by atoms with Crippen LogP contribution in [0.25, 0.3) is 16.9 Å². The van der Waals surface area contributed by atoms with Crippen LogP contribution < -0.4 is 10.1 Å². The number of rotatable bonds is 7. The Morgan fingerprint density at radius 3 is 2.62 bits per heavy atom. The van der Waals surface area contributed by atoms with Gasteiger partial charge in [0.1, 0.15) is 22.8 Å². The summed E-state index contributed by atoms with van der Waals surface area (Å²) in [5.41, 5.74) is 1.36. The van der Waals surface area contributed by atoms with Gasteiger partial charge in [-0.3, -0.25) is 9.48 Å². The van der Waals surface area contributed by atoms with Crippen molar-refractivity contribution < 1.29 is 22.7 Å². The van der Waals surface area contributed by atoms with Crippen LogP contribution in [0.1, 0.15) is 33.7 Å². The average molecular weight is 506 g/mol. The van der Waals surface area contributed by atoms with Gasteiger partial charge in [0.05, 0.1) is 25.5 Å². The molecule has 3 heterocycles. The Bertz CT molecular complexity index is 1610. The lowest BCUT2D eigenvalue weighted by molar-refractivity contribution is 0.102. The van der Waals surface area contributed by atoms with Crippen LogP contribution in [-0.4, -0.2) is 37.4 Å². The molecular weight excluding hydrogens is 485 g/mol. The van der Waals surface area contributed by atoms with E-state index in [2.05, 4.69) is 20.5 Å². The molecule has 37 heavy (non-hydrogen) atoms. The highest BCUT2D eigenvalue weighted by atomic mass is 19.3. The molecule has 0 atom stereocenters. The van der Waals surface area contributed by atoms with Crippen LogP contribution >= 0.6 is 0 Å². The molecule has 5 aromatic rings. The number of benzene rings is 2. The number of carbonyl (C=O) groups excluding carboxylic acids is 1. The predicted molar refractivity (Wildman–Crippen MR) is 130 cm³/mol. The molecule has 0 aliphatic heterocycles. The van der Waals surface area contributed by atoms with Crippen molar-refractivity contribution in [2.45, 2.75) is 19.9 Å². The third-order valence-corrected chi connectivity index (χ3v) is 5.85. The molecule has 0 aliphatic carbocycles. The predicted octanol–water partition coefficient (Wildman–Crippen LogP) is 5.29. The van der Waals surface area contributed by atoms with Gasteiger partial charge in [0, 0.05) is 22.9 Å². The van der Waals surface area contributed by atoms with Crippen LogP contribution in [0.5, 0.6) is 5.75 Å². The summed E-state index contributed by atoms with van der Waals surface area (Å²) >= 11 is 0. The van der Waals surface area contributed by atoms with Gasteiger partial charge in [-0.2, -0.15) is 10.2 Å². The number of ether oxygens (including phenoxy) is 1.